The molecule has 6 nitrogen and oxygen atoms in total. The lowest BCUT2D eigenvalue weighted by molar-refractivity contribution is 0.424. The Morgan fingerprint density at radius 1 is 1.04 bits per heavy atom. The molecule has 1 aliphatic heterocycles. The van der Waals surface area contributed by atoms with Crippen LogP contribution in [0.25, 0.3) is 0 Å². The molecule has 0 atom stereocenters. The monoisotopic (exact) mass is 336 g/mol. The van der Waals surface area contributed by atoms with Gasteiger partial charge in [0.05, 0.1) is 5.69 Å². The van der Waals surface area contributed by atoms with Crippen molar-refractivity contribution in [1.82, 2.24) is 20.2 Å². The molecule has 3 heterocycles. The minimum atomic E-state index is 0.638. The van der Waals surface area contributed by atoms with E-state index in [4.69, 9.17) is 0 Å². The number of rotatable bonds is 5. The van der Waals surface area contributed by atoms with E-state index in [1.54, 1.807) is 6.33 Å². The average molecular weight is 336 g/mol. The molecule has 0 spiro atoms. The molecule has 2 aliphatic carbocycles. The number of anilines is 2. The third-order valence-corrected chi connectivity index (χ3v) is 5.63. The predicted octanol–water partition coefficient (Wildman–Crippen LogP) is 2.57. The van der Waals surface area contributed by atoms with Gasteiger partial charge in [-0.25, -0.2) is 9.97 Å². The molecule has 3 aliphatic rings. The Kier molecular flexibility index (Phi) is 3.76. The summed E-state index contributed by atoms with van der Waals surface area (Å²) in [4.78, 5) is 11.2. The fourth-order valence-electron chi connectivity index (χ4n) is 3.90. The summed E-state index contributed by atoms with van der Waals surface area (Å²) in [5, 5.41) is 12.4. The van der Waals surface area contributed by atoms with Gasteiger partial charge in [0.25, 0.3) is 0 Å². The van der Waals surface area contributed by atoms with E-state index in [-0.39, 0.29) is 0 Å². The smallest absolute Gasteiger partial charge is 0.151 e. The van der Waals surface area contributed by atoms with Crippen molar-refractivity contribution in [2.24, 2.45) is 5.92 Å². The first-order valence-electron chi connectivity index (χ1n) is 9.52. The van der Waals surface area contributed by atoms with Crippen LogP contribution in [0, 0.1) is 5.92 Å². The Bertz CT molecular complexity index is 749. The molecule has 5 rings (SSSR count). The molecular formula is C19H24N6. The molecule has 2 aromatic heterocycles. The molecule has 1 N–H and O–H groups in total. The highest BCUT2D eigenvalue weighted by atomic mass is 15.3. The van der Waals surface area contributed by atoms with E-state index in [1.165, 1.54) is 36.9 Å². The quantitative estimate of drug-likeness (QED) is 0.905. The number of nitrogens with zero attached hydrogens (tertiary/aromatic N) is 5. The molecule has 0 unspecified atom stereocenters. The lowest BCUT2D eigenvalue weighted by Crippen LogP contribution is -2.50. The largest absolute Gasteiger partial charge is 0.369 e. The van der Waals surface area contributed by atoms with Gasteiger partial charge in [0.2, 0.25) is 0 Å². The van der Waals surface area contributed by atoms with Crippen molar-refractivity contribution in [2.75, 3.05) is 29.9 Å². The van der Waals surface area contributed by atoms with Crippen molar-refractivity contribution in [2.45, 2.75) is 44.4 Å². The maximum Gasteiger partial charge on any atom is 0.151 e. The summed E-state index contributed by atoms with van der Waals surface area (Å²) in [6.45, 7) is 3.04. The van der Waals surface area contributed by atoms with Crippen molar-refractivity contribution in [1.29, 1.82) is 0 Å². The zero-order chi connectivity index (χ0) is 16.6. The second-order valence-corrected chi connectivity index (χ2v) is 7.60. The SMILES string of the molecule is c1nc2c(c(NCC3CN(c4ccc(C5CC5)nn4)C3)n1)CCCC2. The standard InChI is InChI=1S/C19H24N6/c1-2-4-17-15(3-1)19(22-12-21-17)20-9-13-10-25(11-13)18-8-7-16(23-24-18)14-5-6-14/h7-8,12-14H,1-6,9-11H2,(H,20,21,22). The molecule has 0 aromatic carbocycles. The normalized spacial score (nSPS) is 20.1. The highest BCUT2D eigenvalue weighted by molar-refractivity contribution is 5.48. The van der Waals surface area contributed by atoms with E-state index in [9.17, 15) is 0 Å². The van der Waals surface area contributed by atoms with Gasteiger partial charge >= 0.3 is 0 Å². The Morgan fingerprint density at radius 2 is 1.92 bits per heavy atom. The molecule has 1 saturated heterocycles. The van der Waals surface area contributed by atoms with Crippen LogP contribution in [-0.4, -0.2) is 39.8 Å². The molecule has 0 amide bonds. The Hall–Kier alpha value is -2.24. The van der Waals surface area contributed by atoms with Crippen LogP contribution < -0.4 is 10.2 Å². The Balaban J connectivity index is 1.15. The van der Waals surface area contributed by atoms with E-state index >= 15 is 0 Å². The summed E-state index contributed by atoms with van der Waals surface area (Å²) in [5.74, 6) is 3.38. The maximum absolute atomic E-state index is 4.47. The summed E-state index contributed by atoms with van der Waals surface area (Å²) in [7, 11) is 0. The second-order valence-electron chi connectivity index (χ2n) is 7.60. The Morgan fingerprint density at radius 3 is 2.72 bits per heavy atom. The first-order valence-corrected chi connectivity index (χ1v) is 9.52. The fraction of sp³-hybridized carbons (Fsp3) is 0.579. The van der Waals surface area contributed by atoms with Gasteiger partial charge < -0.3 is 10.2 Å². The molecule has 0 bridgehead atoms. The van der Waals surface area contributed by atoms with Crippen LogP contribution in [0.1, 0.15) is 48.6 Å². The topological polar surface area (TPSA) is 66.8 Å². The molecule has 2 fully saturated rings. The van der Waals surface area contributed by atoms with Gasteiger partial charge in [-0.05, 0) is 50.7 Å². The zero-order valence-corrected chi connectivity index (χ0v) is 14.5. The summed E-state index contributed by atoms with van der Waals surface area (Å²) in [5.41, 5.74) is 3.74. The number of hydrogen-bond donors (Lipinski definition) is 1. The summed E-state index contributed by atoms with van der Waals surface area (Å²) < 4.78 is 0. The van der Waals surface area contributed by atoms with Crippen LogP contribution in [0.3, 0.4) is 0 Å². The van der Waals surface area contributed by atoms with Gasteiger partial charge in [-0.15, -0.1) is 5.10 Å². The first kappa shape index (κ1) is 15.0. The van der Waals surface area contributed by atoms with Crippen LogP contribution in [-0.2, 0) is 12.8 Å². The summed E-state index contributed by atoms with van der Waals surface area (Å²) >= 11 is 0. The highest BCUT2D eigenvalue weighted by Crippen LogP contribution is 2.39. The van der Waals surface area contributed by atoms with Crippen molar-refractivity contribution in [3.05, 3.63) is 35.4 Å². The molecule has 1 saturated carbocycles. The zero-order valence-electron chi connectivity index (χ0n) is 14.5. The van der Waals surface area contributed by atoms with Gasteiger partial charge in [0.15, 0.2) is 5.82 Å². The van der Waals surface area contributed by atoms with E-state index in [1.807, 2.05) is 0 Å². The Labute approximate surface area is 148 Å². The van der Waals surface area contributed by atoms with Gasteiger partial charge in [-0.2, -0.15) is 5.10 Å². The van der Waals surface area contributed by atoms with Gasteiger partial charge in [0, 0.05) is 42.7 Å². The molecule has 6 heteroatoms. The lowest BCUT2D eigenvalue weighted by Gasteiger charge is -2.40. The lowest BCUT2D eigenvalue weighted by atomic mass is 9.96. The molecule has 25 heavy (non-hydrogen) atoms. The average Bonchev–Trinajstić information content (AvgIpc) is 3.46. The van der Waals surface area contributed by atoms with Crippen molar-refractivity contribution in [3.8, 4) is 0 Å². The number of aryl methyl sites for hydroxylation is 1. The van der Waals surface area contributed by atoms with Gasteiger partial charge in [0.1, 0.15) is 12.1 Å². The van der Waals surface area contributed by atoms with Crippen LogP contribution in [0.5, 0.6) is 0 Å². The van der Waals surface area contributed by atoms with Gasteiger partial charge in [-0.1, -0.05) is 0 Å². The van der Waals surface area contributed by atoms with Crippen LogP contribution in [0.15, 0.2) is 18.5 Å². The van der Waals surface area contributed by atoms with E-state index in [2.05, 4.69) is 42.5 Å². The minimum Gasteiger partial charge on any atom is -0.369 e. The number of nitrogens with one attached hydrogen (secondary N) is 1. The molecule has 2 aromatic rings. The third-order valence-electron chi connectivity index (χ3n) is 5.63. The number of aromatic nitrogens is 4. The van der Waals surface area contributed by atoms with Crippen LogP contribution >= 0.6 is 0 Å². The predicted molar refractivity (Wildman–Crippen MR) is 96.9 cm³/mol. The second kappa shape index (κ2) is 6.24. The van der Waals surface area contributed by atoms with Crippen molar-refractivity contribution < 1.29 is 0 Å². The molecule has 0 radical (unpaired) electrons. The molecular weight excluding hydrogens is 312 g/mol. The maximum atomic E-state index is 4.47. The first-order chi connectivity index (χ1) is 12.4. The number of fused-ring (bicyclic) bond motifs is 1. The fourth-order valence-corrected chi connectivity index (χ4v) is 3.90. The van der Waals surface area contributed by atoms with Crippen molar-refractivity contribution in [3.63, 3.8) is 0 Å². The summed E-state index contributed by atoms with van der Waals surface area (Å²) in [6.07, 6.45) is 8.97. The highest BCUT2D eigenvalue weighted by Gasteiger charge is 2.30. The summed E-state index contributed by atoms with van der Waals surface area (Å²) in [6, 6.07) is 4.28. The van der Waals surface area contributed by atoms with E-state index in [0.717, 1.165) is 49.8 Å². The third kappa shape index (κ3) is 3.05. The van der Waals surface area contributed by atoms with E-state index < -0.39 is 0 Å². The van der Waals surface area contributed by atoms with Crippen LogP contribution in [0.2, 0.25) is 0 Å². The van der Waals surface area contributed by atoms with Gasteiger partial charge in [-0.3, -0.25) is 0 Å². The number of hydrogen-bond acceptors (Lipinski definition) is 6. The van der Waals surface area contributed by atoms with E-state index in [0.29, 0.717) is 11.8 Å². The van der Waals surface area contributed by atoms with Crippen molar-refractivity contribution >= 4 is 11.6 Å². The van der Waals surface area contributed by atoms with Crippen LogP contribution in [0.4, 0.5) is 11.6 Å². The minimum absolute atomic E-state index is 0.638. The molecule has 130 valence electrons.